The van der Waals surface area contributed by atoms with Gasteiger partial charge in [0.05, 0.1) is 22.4 Å². The highest BCUT2D eigenvalue weighted by atomic mass is 32.2. The van der Waals surface area contributed by atoms with Crippen LogP contribution in [0.4, 0.5) is 0 Å². The van der Waals surface area contributed by atoms with E-state index in [4.69, 9.17) is 4.98 Å². The van der Waals surface area contributed by atoms with E-state index < -0.39 is 10.0 Å². The zero-order valence-corrected chi connectivity index (χ0v) is 19.4. The maximum atomic E-state index is 13.1. The van der Waals surface area contributed by atoms with Crippen LogP contribution in [0.5, 0.6) is 0 Å². The number of carbonyl (C=O) groups excluding carboxylic acids is 1. The second-order valence-corrected chi connectivity index (χ2v) is 10.4. The number of aromatic nitrogens is 4. The Kier molecular flexibility index (Phi) is 6.25. The number of fused-ring (bicyclic) bond motifs is 1. The molecule has 1 fully saturated rings. The predicted molar refractivity (Wildman–Crippen MR) is 122 cm³/mol. The highest BCUT2D eigenvalue weighted by Crippen LogP contribution is 2.40. The molecule has 0 unspecified atom stereocenters. The average Bonchev–Trinajstić information content (AvgIpc) is 3.60. The Hall–Kier alpha value is -2.85. The van der Waals surface area contributed by atoms with E-state index in [9.17, 15) is 13.2 Å². The van der Waals surface area contributed by atoms with Gasteiger partial charge in [-0.3, -0.25) is 4.79 Å². The molecule has 10 heteroatoms. The third kappa shape index (κ3) is 4.51. The highest BCUT2D eigenvalue weighted by molar-refractivity contribution is 7.89. The van der Waals surface area contributed by atoms with E-state index in [2.05, 4.69) is 15.4 Å². The number of carbonyl (C=O) groups is 1. The van der Waals surface area contributed by atoms with E-state index in [1.807, 2.05) is 31.2 Å². The lowest BCUT2D eigenvalue weighted by molar-refractivity contribution is 0.0954. The minimum absolute atomic E-state index is 0.0638. The molecule has 32 heavy (non-hydrogen) atoms. The number of hydrogen-bond donors (Lipinski definition) is 1. The van der Waals surface area contributed by atoms with Crippen LogP contribution in [0.3, 0.4) is 0 Å². The van der Waals surface area contributed by atoms with Gasteiger partial charge in [0.25, 0.3) is 5.91 Å². The van der Waals surface area contributed by atoms with Crippen LogP contribution in [-0.2, 0) is 10.0 Å². The largest absolute Gasteiger partial charge is 0.352 e. The Bertz CT molecular complexity index is 1240. The number of hydrogen-bond acceptors (Lipinski definition) is 6. The molecule has 3 aromatic heterocycles. The van der Waals surface area contributed by atoms with E-state index in [1.165, 1.54) is 4.31 Å². The Balaban J connectivity index is 1.59. The summed E-state index contributed by atoms with van der Waals surface area (Å²) in [5.74, 6) is 0.877. The zero-order chi connectivity index (χ0) is 22.9. The fourth-order valence-electron chi connectivity index (χ4n) is 3.67. The average molecular weight is 457 g/mol. The van der Waals surface area contributed by atoms with Crippen molar-refractivity contribution in [1.29, 1.82) is 0 Å². The summed E-state index contributed by atoms with van der Waals surface area (Å²) in [6.07, 6.45) is 4.35. The molecule has 9 nitrogen and oxygen atoms in total. The lowest BCUT2D eigenvalue weighted by atomic mass is 10.1. The molecule has 0 atom stereocenters. The number of nitrogens with zero attached hydrogens (tertiary/aromatic N) is 5. The molecular formula is C22H28N6O3S. The van der Waals surface area contributed by atoms with Crippen LogP contribution in [0.15, 0.2) is 30.5 Å². The Morgan fingerprint density at radius 3 is 2.75 bits per heavy atom. The second kappa shape index (κ2) is 8.95. The molecule has 1 aliphatic rings. The van der Waals surface area contributed by atoms with Crippen molar-refractivity contribution in [2.24, 2.45) is 0 Å². The van der Waals surface area contributed by atoms with E-state index in [1.54, 1.807) is 24.9 Å². The van der Waals surface area contributed by atoms with Gasteiger partial charge >= 0.3 is 0 Å². The van der Waals surface area contributed by atoms with Crippen molar-refractivity contribution < 1.29 is 13.2 Å². The molecule has 1 N–H and O–H groups in total. The molecule has 3 heterocycles. The predicted octanol–water partition coefficient (Wildman–Crippen LogP) is 2.40. The van der Waals surface area contributed by atoms with Crippen LogP contribution in [0, 0.1) is 6.92 Å². The van der Waals surface area contributed by atoms with Gasteiger partial charge in [0.2, 0.25) is 10.0 Å². The van der Waals surface area contributed by atoms with Gasteiger partial charge in [-0.15, -0.1) is 0 Å². The first kappa shape index (κ1) is 22.3. The van der Waals surface area contributed by atoms with Crippen molar-refractivity contribution in [2.75, 3.05) is 25.9 Å². The molecule has 170 valence electrons. The molecule has 0 radical (unpaired) electrons. The molecular weight excluding hydrogens is 428 g/mol. The first-order valence-corrected chi connectivity index (χ1v) is 12.5. The lowest BCUT2D eigenvalue weighted by Gasteiger charge is -2.16. The van der Waals surface area contributed by atoms with Crippen molar-refractivity contribution in [3.63, 3.8) is 0 Å². The summed E-state index contributed by atoms with van der Waals surface area (Å²) in [5, 5.41) is 8.27. The topological polar surface area (TPSA) is 110 Å². The van der Waals surface area contributed by atoms with Gasteiger partial charge in [0.1, 0.15) is 0 Å². The first-order chi connectivity index (χ1) is 15.3. The van der Waals surface area contributed by atoms with Crippen LogP contribution in [0.1, 0.15) is 53.8 Å². The van der Waals surface area contributed by atoms with E-state index in [0.717, 1.165) is 18.5 Å². The fourth-order valence-corrected chi connectivity index (χ4v) is 4.52. The number of rotatable bonds is 9. The minimum Gasteiger partial charge on any atom is -0.352 e. The normalized spacial score (nSPS) is 14.2. The van der Waals surface area contributed by atoms with Crippen LogP contribution < -0.4 is 5.32 Å². The Labute approximate surface area is 187 Å². The highest BCUT2D eigenvalue weighted by Gasteiger charge is 2.29. The van der Waals surface area contributed by atoms with Crippen molar-refractivity contribution >= 4 is 27.0 Å². The number of amides is 1. The van der Waals surface area contributed by atoms with Crippen LogP contribution >= 0.6 is 0 Å². The SMILES string of the molecule is CCS(=O)(=O)N(C)CCCNC(=O)c1cc(C2CC2)nc2c1c(C)nn2-c1ccccn1. The van der Waals surface area contributed by atoms with Gasteiger partial charge in [0, 0.05) is 37.9 Å². The van der Waals surface area contributed by atoms with Gasteiger partial charge in [-0.1, -0.05) is 6.07 Å². The third-order valence-corrected chi connectivity index (χ3v) is 7.58. The Morgan fingerprint density at radius 1 is 1.31 bits per heavy atom. The Morgan fingerprint density at radius 2 is 2.09 bits per heavy atom. The van der Waals surface area contributed by atoms with Gasteiger partial charge in [-0.2, -0.15) is 9.78 Å². The van der Waals surface area contributed by atoms with Gasteiger partial charge in [-0.25, -0.2) is 22.7 Å². The smallest absolute Gasteiger partial charge is 0.252 e. The number of pyridine rings is 2. The molecule has 4 rings (SSSR count). The molecule has 0 spiro atoms. The summed E-state index contributed by atoms with van der Waals surface area (Å²) >= 11 is 0. The molecule has 0 aromatic carbocycles. The van der Waals surface area contributed by atoms with E-state index in [-0.39, 0.29) is 11.7 Å². The van der Waals surface area contributed by atoms with Crippen LogP contribution in [0.2, 0.25) is 0 Å². The zero-order valence-electron chi connectivity index (χ0n) is 18.6. The number of nitrogens with one attached hydrogen (secondary N) is 1. The lowest BCUT2D eigenvalue weighted by Crippen LogP contribution is -2.32. The molecule has 1 aliphatic carbocycles. The van der Waals surface area contributed by atoms with Crippen LogP contribution in [-0.4, -0.2) is 64.3 Å². The molecule has 1 amide bonds. The maximum absolute atomic E-state index is 13.1. The minimum atomic E-state index is -3.22. The molecule has 0 bridgehead atoms. The van der Waals surface area contributed by atoms with Crippen molar-refractivity contribution in [2.45, 2.75) is 39.0 Å². The number of aryl methyl sites for hydroxylation is 1. The van der Waals surface area contributed by atoms with Gasteiger partial charge in [-0.05, 0) is 51.3 Å². The third-order valence-electron chi connectivity index (χ3n) is 5.71. The van der Waals surface area contributed by atoms with Crippen molar-refractivity contribution in [3.05, 3.63) is 47.4 Å². The number of sulfonamides is 1. The summed E-state index contributed by atoms with van der Waals surface area (Å²) in [6.45, 7) is 4.21. The summed E-state index contributed by atoms with van der Waals surface area (Å²) in [6, 6.07) is 7.46. The van der Waals surface area contributed by atoms with Crippen molar-refractivity contribution in [1.82, 2.24) is 29.4 Å². The standard InChI is InChI=1S/C22H28N6O3S/c1-4-32(30,31)27(3)13-7-12-24-22(29)17-14-18(16-9-10-16)25-21-20(17)15(2)26-28(21)19-8-5-6-11-23-19/h5-6,8,11,14,16H,4,7,9-10,12-13H2,1-3H3,(H,24,29). The second-order valence-electron chi connectivity index (χ2n) is 8.08. The van der Waals surface area contributed by atoms with Gasteiger partial charge in [0.15, 0.2) is 11.5 Å². The van der Waals surface area contributed by atoms with Crippen LogP contribution in [0.25, 0.3) is 16.9 Å². The maximum Gasteiger partial charge on any atom is 0.252 e. The van der Waals surface area contributed by atoms with Crippen molar-refractivity contribution in [3.8, 4) is 5.82 Å². The molecule has 0 aliphatic heterocycles. The monoisotopic (exact) mass is 456 g/mol. The summed E-state index contributed by atoms with van der Waals surface area (Å²) < 4.78 is 26.8. The van der Waals surface area contributed by atoms with Gasteiger partial charge < -0.3 is 5.32 Å². The first-order valence-electron chi connectivity index (χ1n) is 10.9. The quantitative estimate of drug-likeness (QED) is 0.495. The van der Waals surface area contributed by atoms with E-state index in [0.29, 0.717) is 53.5 Å². The summed E-state index contributed by atoms with van der Waals surface area (Å²) in [4.78, 5) is 22.4. The molecule has 1 saturated carbocycles. The summed E-state index contributed by atoms with van der Waals surface area (Å²) in [5.41, 5.74) is 2.78. The fraction of sp³-hybridized carbons (Fsp3) is 0.455. The van der Waals surface area contributed by atoms with E-state index >= 15 is 0 Å². The molecule has 0 saturated heterocycles. The molecule has 3 aromatic rings. The summed E-state index contributed by atoms with van der Waals surface area (Å²) in [7, 11) is -1.66.